The highest BCUT2D eigenvalue weighted by molar-refractivity contribution is 5.95. The molecule has 6 heteroatoms. The number of amides is 1. The van der Waals surface area contributed by atoms with Gasteiger partial charge in [-0.15, -0.1) is 0 Å². The number of hydrogen-bond donors (Lipinski definition) is 1. The van der Waals surface area contributed by atoms with E-state index in [0.29, 0.717) is 16.9 Å². The highest BCUT2D eigenvalue weighted by Gasteiger charge is 2.26. The van der Waals surface area contributed by atoms with Crippen molar-refractivity contribution in [2.45, 2.75) is 32.9 Å². The quantitative estimate of drug-likeness (QED) is 0.723. The molecule has 0 aliphatic carbocycles. The molecule has 0 bridgehead atoms. The summed E-state index contributed by atoms with van der Waals surface area (Å²) in [6, 6.07) is 13.1. The summed E-state index contributed by atoms with van der Waals surface area (Å²) in [5.41, 5.74) is 1.86. The Labute approximate surface area is 158 Å². The first kappa shape index (κ1) is 20.2. The molecule has 0 aromatic heterocycles. The molecule has 0 aliphatic heterocycles. The minimum Gasteiger partial charge on any atom is -0.496 e. The Hall–Kier alpha value is -3.15. The van der Waals surface area contributed by atoms with Gasteiger partial charge in [0.05, 0.1) is 13.5 Å². The highest BCUT2D eigenvalue weighted by atomic mass is 16.5. The summed E-state index contributed by atoms with van der Waals surface area (Å²) >= 11 is 0. The van der Waals surface area contributed by atoms with Gasteiger partial charge in [-0.3, -0.25) is 9.59 Å². The van der Waals surface area contributed by atoms with E-state index in [2.05, 4.69) is 0 Å². The first-order valence-corrected chi connectivity index (χ1v) is 8.57. The zero-order valence-electron chi connectivity index (χ0n) is 15.6. The Morgan fingerprint density at radius 1 is 1.11 bits per heavy atom. The largest absolute Gasteiger partial charge is 0.496 e. The molecule has 0 saturated heterocycles. The first-order chi connectivity index (χ1) is 12.8. The molecule has 27 heavy (non-hydrogen) atoms. The van der Waals surface area contributed by atoms with Crippen molar-refractivity contribution in [1.82, 2.24) is 4.90 Å². The zero-order chi connectivity index (χ0) is 20.0. The number of carboxylic acids is 1. The van der Waals surface area contributed by atoms with Crippen LogP contribution in [0.4, 0.5) is 0 Å². The fraction of sp³-hybridized carbons (Fsp3) is 0.286. The van der Waals surface area contributed by atoms with Crippen molar-refractivity contribution in [1.29, 1.82) is 0 Å². The lowest BCUT2D eigenvalue weighted by Gasteiger charge is -2.27. The van der Waals surface area contributed by atoms with E-state index in [-0.39, 0.29) is 24.7 Å². The van der Waals surface area contributed by atoms with E-state index in [9.17, 15) is 19.5 Å². The normalized spacial score (nSPS) is 11.5. The number of methoxy groups -OCH3 is 1. The van der Waals surface area contributed by atoms with E-state index in [1.807, 2.05) is 30.3 Å². The number of aliphatic carboxylic acids is 1. The second kappa shape index (κ2) is 8.98. The van der Waals surface area contributed by atoms with Crippen LogP contribution in [0.5, 0.6) is 5.75 Å². The number of carbonyl (C=O) groups is 3. The van der Waals surface area contributed by atoms with Crippen molar-refractivity contribution in [2.24, 2.45) is 0 Å². The van der Waals surface area contributed by atoms with E-state index in [4.69, 9.17) is 4.74 Å². The predicted molar refractivity (Wildman–Crippen MR) is 101 cm³/mol. The zero-order valence-corrected chi connectivity index (χ0v) is 15.6. The summed E-state index contributed by atoms with van der Waals surface area (Å²) in [5.74, 6) is -1.07. The minimum absolute atomic E-state index is 0.0608. The third-order valence-corrected chi connectivity index (χ3v) is 4.37. The third kappa shape index (κ3) is 5.17. The molecule has 0 spiro atoms. The number of Topliss-reactive ketones (excluding diaryl/α,β-unsaturated/α-hetero) is 1. The Bertz CT molecular complexity index is 832. The van der Waals surface area contributed by atoms with Crippen LogP contribution in [0.2, 0.25) is 0 Å². The number of hydrogen-bond acceptors (Lipinski definition) is 4. The Kier molecular flexibility index (Phi) is 6.71. The van der Waals surface area contributed by atoms with Crippen LogP contribution in [0.25, 0.3) is 0 Å². The fourth-order valence-corrected chi connectivity index (χ4v) is 2.75. The lowest BCUT2D eigenvalue weighted by atomic mass is 10.0. The summed E-state index contributed by atoms with van der Waals surface area (Å²) in [6.07, 6.45) is -0.0608. The third-order valence-electron chi connectivity index (χ3n) is 4.37. The summed E-state index contributed by atoms with van der Waals surface area (Å²) < 4.78 is 5.29. The van der Waals surface area contributed by atoms with Crippen LogP contribution < -0.4 is 4.74 Å². The molecule has 2 aromatic rings. The van der Waals surface area contributed by atoms with Crippen LogP contribution in [0, 0.1) is 0 Å². The van der Waals surface area contributed by atoms with E-state index >= 15 is 0 Å². The fourth-order valence-electron chi connectivity index (χ4n) is 2.75. The molecule has 0 radical (unpaired) electrons. The topological polar surface area (TPSA) is 83.9 Å². The van der Waals surface area contributed by atoms with Gasteiger partial charge in [0.15, 0.2) is 5.78 Å². The van der Waals surface area contributed by atoms with Crippen LogP contribution in [-0.2, 0) is 22.6 Å². The predicted octanol–water partition coefficient (Wildman–Crippen LogP) is 2.94. The number of nitrogens with zero attached hydrogens (tertiary/aromatic N) is 1. The van der Waals surface area contributed by atoms with Gasteiger partial charge in [0.2, 0.25) is 5.91 Å². The van der Waals surface area contributed by atoms with Gasteiger partial charge in [-0.05, 0) is 37.6 Å². The van der Waals surface area contributed by atoms with Gasteiger partial charge >= 0.3 is 5.97 Å². The van der Waals surface area contributed by atoms with Crippen molar-refractivity contribution < 1.29 is 24.2 Å². The van der Waals surface area contributed by atoms with Gasteiger partial charge in [0.25, 0.3) is 0 Å². The smallest absolute Gasteiger partial charge is 0.326 e. The van der Waals surface area contributed by atoms with Gasteiger partial charge in [-0.25, -0.2) is 4.79 Å². The van der Waals surface area contributed by atoms with Crippen LogP contribution in [0.1, 0.15) is 35.3 Å². The molecule has 2 aromatic carbocycles. The maximum atomic E-state index is 12.9. The van der Waals surface area contributed by atoms with Crippen molar-refractivity contribution in [3.05, 3.63) is 65.2 Å². The minimum atomic E-state index is -1.08. The maximum Gasteiger partial charge on any atom is 0.326 e. The molecular formula is C21H23NO5. The van der Waals surface area contributed by atoms with Crippen molar-refractivity contribution in [3.8, 4) is 5.75 Å². The standard InChI is InChI=1S/C21H23NO5/c1-14(21(25)26)22(13-16-7-5-4-6-8-16)20(24)12-18-11-17(15(2)23)9-10-19(18)27-3/h4-11,14H,12-13H2,1-3H3,(H,25,26). The summed E-state index contributed by atoms with van der Waals surface area (Å²) in [6.45, 7) is 3.11. The Morgan fingerprint density at radius 3 is 2.33 bits per heavy atom. The van der Waals surface area contributed by atoms with Gasteiger partial charge in [-0.1, -0.05) is 30.3 Å². The van der Waals surface area contributed by atoms with Gasteiger partial charge in [0.1, 0.15) is 11.8 Å². The second-order valence-electron chi connectivity index (χ2n) is 6.28. The number of ketones is 1. The molecule has 0 fully saturated rings. The molecular weight excluding hydrogens is 346 g/mol. The average Bonchev–Trinajstić information content (AvgIpc) is 2.66. The van der Waals surface area contributed by atoms with Gasteiger partial charge < -0.3 is 14.7 Å². The van der Waals surface area contributed by atoms with Crippen LogP contribution in [-0.4, -0.2) is 40.8 Å². The number of ether oxygens (including phenoxy) is 1. The van der Waals surface area contributed by atoms with Gasteiger partial charge in [-0.2, -0.15) is 0 Å². The van der Waals surface area contributed by atoms with Crippen LogP contribution in [0.3, 0.4) is 0 Å². The molecule has 1 unspecified atom stereocenters. The van der Waals surface area contributed by atoms with E-state index in [0.717, 1.165) is 5.56 Å². The summed E-state index contributed by atoms with van der Waals surface area (Å²) in [7, 11) is 1.48. The maximum absolute atomic E-state index is 12.9. The molecule has 1 amide bonds. The van der Waals surface area contributed by atoms with E-state index in [1.165, 1.54) is 25.9 Å². The Morgan fingerprint density at radius 2 is 1.78 bits per heavy atom. The van der Waals surface area contributed by atoms with Crippen molar-refractivity contribution in [3.63, 3.8) is 0 Å². The Balaban J connectivity index is 2.31. The molecule has 2 rings (SSSR count). The lowest BCUT2D eigenvalue weighted by Crippen LogP contribution is -2.43. The molecule has 142 valence electrons. The number of carbonyl (C=O) groups excluding carboxylic acids is 2. The number of rotatable bonds is 8. The van der Waals surface area contributed by atoms with Gasteiger partial charge in [0, 0.05) is 17.7 Å². The summed E-state index contributed by atoms with van der Waals surface area (Å²) in [5, 5.41) is 9.40. The SMILES string of the molecule is COc1ccc(C(C)=O)cc1CC(=O)N(Cc1ccccc1)C(C)C(=O)O. The molecule has 6 nitrogen and oxygen atoms in total. The second-order valence-corrected chi connectivity index (χ2v) is 6.28. The first-order valence-electron chi connectivity index (χ1n) is 8.57. The molecule has 1 atom stereocenters. The van der Waals surface area contributed by atoms with Crippen LogP contribution >= 0.6 is 0 Å². The molecule has 0 aliphatic rings. The monoisotopic (exact) mass is 369 g/mol. The molecule has 0 heterocycles. The average molecular weight is 369 g/mol. The molecule has 1 N–H and O–H groups in total. The van der Waals surface area contributed by atoms with Crippen molar-refractivity contribution in [2.75, 3.05) is 7.11 Å². The summed E-state index contributed by atoms with van der Waals surface area (Å²) in [4.78, 5) is 37.4. The lowest BCUT2D eigenvalue weighted by molar-refractivity contribution is -0.149. The number of carboxylic acid groups (broad SMARTS) is 1. The van der Waals surface area contributed by atoms with Crippen molar-refractivity contribution >= 4 is 17.7 Å². The number of benzene rings is 2. The van der Waals surface area contributed by atoms with E-state index in [1.54, 1.807) is 18.2 Å². The highest BCUT2D eigenvalue weighted by Crippen LogP contribution is 2.22. The molecule has 0 saturated carbocycles. The van der Waals surface area contributed by atoms with E-state index < -0.39 is 12.0 Å². The van der Waals surface area contributed by atoms with Crippen LogP contribution in [0.15, 0.2) is 48.5 Å².